The SMILES string of the molecule is CCOC(=O)c1cc(CN2C(=O)c3ccccc3C2=O)sc1NC(=O)CCCc1ccc(Cl)cc1. The van der Waals surface area contributed by atoms with E-state index >= 15 is 0 Å². The second-order valence-electron chi connectivity index (χ2n) is 7.95. The third kappa shape index (κ3) is 5.61. The van der Waals surface area contributed by atoms with E-state index in [1.54, 1.807) is 37.3 Å². The fourth-order valence-corrected chi connectivity index (χ4v) is 4.98. The molecule has 35 heavy (non-hydrogen) atoms. The van der Waals surface area contributed by atoms with E-state index < -0.39 is 5.97 Å². The van der Waals surface area contributed by atoms with E-state index in [1.807, 2.05) is 24.3 Å². The lowest BCUT2D eigenvalue weighted by molar-refractivity contribution is -0.116. The van der Waals surface area contributed by atoms with E-state index in [2.05, 4.69) is 5.32 Å². The Morgan fingerprint density at radius 2 is 1.69 bits per heavy atom. The van der Waals surface area contributed by atoms with Crippen LogP contribution in [0.15, 0.2) is 54.6 Å². The Bertz CT molecular complexity index is 1250. The fraction of sp³-hybridized carbons (Fsp3) is 0.231. The van der Waals surface area contributed by atoms with Crippen molar-refractivity contribution in [1.29, 1.82) is 0 Å². The highest BCUT2D eigenvalue weighted by molar-refractivity contribution is 7.16. The van der Waals surface area contributed by atoms with Gasteiger partial charge in [0.2, 0.25) is 5.91 Å². The number of nitrogens with zero attached hydrogens (tertiary/aromatic N) is 1. The largest absolute Gasteiger partial charge is 0.462 e. The lowest BCUT2D eigenvalue weighted by Crippen LogP contribution is -2.28. The predicted octanol–water partition coefficient (Wildman–Crippen LogP) is 5.34. The van der Waals surface area contributed by atoms with Gasteiger partial charge in [0.15, 0.2) is 0 Å². The van der Waals surface area contributed by atoms with Crippen LogP contribution in [0.1, 0.15) is 61.3 Å². The van der Waals surface area contributed by atoms with Crippen molar-refractivity contribution in [2.45, 2.75) is 32.7 Å². The Balaban J connectivity index is 1.45. The van der Waals surface area contributed by atoms with Gasteiger partial charge in [-0.05, 0) is 55.7 Å². The zero-order valence-corrected chi connectivity index (χ0v) is 20.6. The smallest absolute Gasteiger partial charge is 0.341 e. The standard InChI is InChI=1S/C26H23ClN2O5S/c1-2-34-26(33)21-14-18(15-29-24(31)19-7-3-4-8-20(19)25(29)32)35-23(21)28-22(30)9-5-6-16-10-12-17(27)13-11-16/h3-4,7-8,10-14H,2,5-6,9,15H2,1H3,(H,28,30). The van der Waals surface area contributed by atoms with Crippen molar-refractivity contribution in [2.75, 3.05) is 11.9 Å². The number of benzene rings is 2. The summed E-state index contributed by atoms with van der Waals surface area (Å²) < 4.78 is 5.13. The topological polar surface area (TPSA) is 92.8 Å². The summed E-state index contributed by atoms with van der Waals surface area (Å²) in [6, 6.07) is 15.7. The number of hydrogen-bond acceptors (Lipinski definition) is 6. The Kier molecular flexibility index (Phi) is 7.63. The number of ether oxygens (including phenoxy) is 1. The number of imide groups is 1. The van der Waals surface area contributed by atoms with Crippen molar-refractivity contribution in [3.63, 3.8) is 0 Å². The van der Waals surface area contributed by atoms with E-state index in [9.17, 15) is 19.2 Å². The van der Waals surface area contributed by atoms with Gasteiger partial charge in [-0.15, -0.1) is 11.3 Å². The molecule has 3 amide bonds. The molecule has 2 aromatic carbocycles. The maximum atomic E-state index is 12.7. The van der Waals surface area contributed by atoms with Crippen LogP contribution in [0.2, 0.25) is 5.02 Å². The van der Waals surface area contributed by atoms with Crippen molar-refractivity contribution < 1.29 is 23.9 Å². The molecule has 1 aliphatic rings. The summed E-state index contributed by atoms with van der Waals surface area (Å²) in [6.07, 6.45) is 1.59. The average Bonchev–Trinajstić information content (AvgIpc) is 3.35. The number of rotatable bonds is 9. The summed E-state index contributed by atoms with van der Waals surface area (Å²) in [5, 5.41) is 3.80. The van der Waals surface area contributed by atoms with Crippen molar-refractivity contribution in [3.8, 4) is 0 Å². The second kappa shape index (κ2) is 10.8. The summed E-state index contributed by atoms with van der Waals surface area (Å²) in [7, 11) is 0. The number of fused-ring (bicyclic) bond motifs is 1. The van der Waals surface area contributed by atoms with E-state index in [0.717, 1.165) is 21.8 Å². The van der Waals surface area contributed by atoms with Gasteiger partial charge < -0.3 is 10.1 Å². The highest BCUT2D eigenvalue weighted by atomic mass is 35.5. The van der Waals surface area contributed by atoms with Gasteiger partial charge in [-0.1, -0.05) is 35.9 Å². The van der Waals surface area contributed by atoms with Gasteiger partial charge in [0.25, 0.3) is 11.8 Å². The first kappa shape index (κ1) is 24.6. The number of esters is 1. The van der Waals surface area contributed by atoms with Gasteiger partial charge in [-0.25, -0.2) is 4.79 Å². The third-order valence-electron chi connectivity index (χ3n) is 5.51. The first-order valence-corrected chi connectivity index (χ1v) is 12.4. The van der Waals surface area contributed by atoms with Crippen LogP contribution in [0.4, 0.5) is 5.00 Å². The fourth-order valence-electron chi connectivity index (χ4n) is 3.81. The third-order valence-corrected chi connectivity index (χ3v) is 6.79. The monoisotopic (exact) mass is 510 g/mol. The van der Waals surface area contributed by atoms with Crippen LogP contribution in [0.3, 0.4) is 0 Å². The van der Waals surface area contributed by atoms with Crippen LogP contribution in [-0.2, 0) is 22.5 Å². The van der Waals surface area contributed by atoms with Crippen LogP contribution in [0, 0.1) is 0 Å². The number of halogens is 1. The maximum Gasteiger partial charge on any atom is 0.341 e. The van der Waals surface area contributed by atoms with Crippen LogP contribution >= 0.6 is 22.9 Å². The van der Waals surface area contributed by atoms with Gasteiger partial charge in [0, 0.05) is 16.3 Å². The first-order valence-electron chi connectivity index (χ1n) is 11.2. The normalized spacial score (nSPS) is 12.6. The minimum atomic E-state index is -0.575. The molecule has 0 bridgehead atoms. The lowest BCUT2D eigenvalue weighted by Gasteiger charge is -2.12. The van der Waals surface area contributed by atoms with E-state index in [-0.39, 0.29) is 42.9 Å². The molecule has 4 rings (SSSR count). The van der Waals surface area contributed by atoms with E-state index in [0.29, 0.717) is 38.9 Å². The zero-order valence-electron chi connectivity index (χ0n) is 19.0. The molecular formula is C26H23ClN2O5S. The molecule has 0 spiro atoms. The van der Waals surface area contributed by atoms with Gasteiger partial charge in [0.1, 0.15) is 5.00 Å². The number of carbonyl (C=O) groups excluding carboxylic acids is 4. The molecule has 0 unspecified atom stereocenters. The van der Waals surface area contributed by atoms with Crippen LogP contribution < -0.4 is 5.32 Å². The molecule has 0 saturated carbocycles. The van der Waals surface area contributed by atoms with Gasteiger partial charge in [-0.3, -0.25) is 19.3 Å². The van der Waals surface area contributed by atoms with Gasteiger partial charge >= 0.3 is 5.97 Å². The van der Waals surface area contributed by atoms with Crippen molar-refractivity contribution in [2.24, 2.45) is 0 Å². The van der Waals surface area contributed by atoms with Gasteiger partial charge in [-0.2, -0.15) is 0 Å². The Morgan fingerprint density at radius 1 is 1.03 bits per heavy atom. The van der Waals surface area contributed by atoms with Crippen molar-refractivity contribution in [1.82, 2.24) is 4.90 Å². The highest BCUT2D eigenvalue weighted by Gasteiger charge is 2.35. The molecule has 180 valence electrons. The number of amides is 3. The molecule has 2 heterocycles. The lowest BCUT2D eigenvalue weighted by atomic mass is 10.1. The molecule has 1 N–H and O–H groups in total. The summed E-state index contributed by atoms with van der Waals surface area (Å²) in [5.74, 6) is -1.58. The molecular weight excluding hydrogens is 488 g/mol. The number of thiophene rings is 1. The van der Waals surface area contributed by atoms with E-state index in [1.165, 1.54) is 0 Å². The molecule has 0 aliphatic carbocycles. The number of anilines is 1. The van der Waals surface area contributed by atoms with Crippen LogP contribution in [0.25, 0.3) is 0 Å². The molecule has 7 nitrogen and oxygen atoms in total. The number of carbonyl (C=O) groups is 4. The van der Waals surface area contributed by atoms with Gasteiger partial charge in [0.05, 0.1) is 29.8 Å². The molecule has 0 fully saturated rings. The molecule has 0 saturated heterocycles. The summed E-state index contributed by atoms with van der Waals surface area (Å²) >= 11 is 7.05. The highest BCUT2D eigenvalue weighted by Crippen LogP contribution is 2.32. The second-order valence-corrected chi connectivity index (χ2v) is 9.52. The molecule has 1 aromatic heterocycles. The molecule has 0 atom stereocenters. The number of nitrogens with one attached hydrogen (secondary N) is 1. The Labute approximate surface area is 211 Å². The Morgan fingerprint density at radius 3 is 2.31 bits per heavy atom. The molecule has 1 aliphatic heterocycles. The molecule has 3 aromatic rings. The van der Waals surface area contributed by atoms with Crippen LogP contribution in [-0.4, -0.2) is 35.2 Å². The van der Waals surface area contributed by atoms with Crippen molar-refractivity contribution >= 4 is 51.6 Å². The van der Waals surface area contributed by atoms with E-state index in [4.69, 9.17) is 16.3 Å². The summed E-state index contributed by atoms with van der Waals surface area (Å²) in [4.78, 5) is 52.3. The van der Waals surface area contributed by atoms with Crippen LogP contribution in [0.5, 0.6) is 0 Å². The molecule has 9 heteroatoms. The maximum absolute atomic E-state index is 12.7. The molecule has 0 radical (unpaired) electrons. The zero-order chi connectivity index (χ0) is 24.9. The minimum absolute atomic E-state index is 0.00411. The minimum Gasteiger partial charge on any atom is -0.462 e. The summed E-state index contributed by atoms with van der Waals surface area (Å²) in [6.45, 7) is 1.87. The Hall–Kier alpha value is -3.49. The summed E-state index contributed by atoms with van der Waals surface area (Å²) in [5.41, 5.74) is 1.99. The number of hydrogen-bond donors (Lipinski definition) is 1. The average molecular weight is 511 g/mol. The quantitative estimate of drug-likeness (QED) is 0.310. The predicted molar refractivity (Wildman–Crippen MR) is 134 cm³/mol. The van der Waals surface area contributed by atoms with Crippen molar-refractivity contribution in [3.05, 3.63) is 86.8 Å². The number of aryl methyl sites for hydroxylation is 1. The first-order chi connectivity index (χ1) is 16.9.